The van der Waals surface area contributed by atoms with Crippen molar-refractivity contribution in [3.05, 3.63) is 35.4 Å². The summed E-state index contributed by atoms with van der Waals surface area (Å²) in [6.45, 7) is 1.48. The summed E-state index contributed by atoms with van der Waals surface area (Å²) in [5.41, 5.74) is 4.11. The number of hydrazone groups is 1. The predicted molar refractivity (Wildman–Crippen MR) is 98.0 cm³/mol. The number of amides is 2. The predicted octanol–water partition coefficient (Wildman–Crippen LogP) is 3.18. The lowest BCUT2D eigenvalue weighted by atomic mass is 9.91. The van der Waals surface area contributed by atoms with Crippen molar-refractivity contribution in [3.8, 4) is 0 Å². The van der Waals surface area contributed by atoms with E-state index < -0.39 is 11.6 Å². The number of aryl methyl sites for hydroxylation is 1. The highest BCUT2D eigenvalue weighted by Gasteiger charge is 2.24. The normalized spacial score (nSPS) is 20.2. The molecule has 1 fully saturated rings. The van der Waals surface area contributed by atoms with Crippen LogP contribution in [0.25, 0.3) is 0 Å². The van der Waals surface area contributed by atoms with Gasteiger partial charge in [0.1, 0.15) is 0 Å². The smallest absolute Gasteiger partial charge is 0.240 e. The van der Waals surface area contributed by atoms with E-state index in [-0.39, 0.29) is 11.8 Å². The zero-order valence-corrected chi connectivity index (χ0v) is 15.3. The minimum Gasteiger partial charge on any atom is -0.342 e. The molecule has 5 nitrogen and oxygen atoms in total. The number of halogens is 2. The molecule has 1 aromatic carbocycles. The van der Waals surface area contributed by atoms with Gasteiger partial charge >= 0.3 is 0 Å². The number of hydrogen-bond acceptors (Lipinski definition) is 3. The topological polar surface area (TPSA) is 61.8 Å². The summed E-state index contributed by atoms with van der Waals surface area (Å²) in [5.74, 6) is -1.22. The van der Waals surface area contributed by atoms with Gasteiger partial charge in [0.05, 0.1) is 0 Å². The Morgan fingerprint density at radius 3 is 2.81 bits per heavy atom. The van der Waals surface area contributed by atoms with Gasteiger partial charge in [-0.1, -0.05) is 6.07 Å². The van der Waals surface area contributed by atoms with Crippen molar-refractivity contribution in [2.45, 2.75) is 51.4 Å². The molecule has 1 atom stereocenters. The van der Waals surface area contributed by atoms with E-state index in [4.69, 9.17) is 0 Å². The summed E-state index contributed by atoms with van der Waals surface area (Å²) in [6, 6.07) is 4.04. The molecule has 1 aromatic rings. The Labute approximate surface area is 157 Å². The molecule has 0 saturated carbocycles. The van der Waals surface area contributed by atoms with Crippen LogP contribution in [-0.4, -0.2) is 35.5 Å². The third kappa shape index (κ3) is 5.58. The van der Waals surface area contributed by atoms with E-state index in [9.17, 15) is 18.4 Å². The van der Waals surface area contributed by atoms with E-state index in [0.717, 1.165) is 43.1 Å². The molecule has 1 saturated heterocycles. The van der Waals surface area contributed by atoms with Crippen LogP contribution in [0.2, 0.25) is 0 Å². The molecule has 0 spiro atoms. The lowest BCUT2D eigenvalue weighted by molar-refractivity contribution is -0.132. The van der Waals surface area contributed by atoms with Gasteiger partial charge in [0.2, 0.25) is 11.8 Å². The first-order valence-electron chi connectivity index (χ1n) is 9.57. The standard InChI is InChI=1S/C20H25F2N3O2/c21-17-8-5-14(12-18(17)22)3-4-15-2-1-11-25(13-15)20(27)10-7-16-6-9-19(26)24-23-16/h5,8,12,15H,1-4,6-7,9-11,13H2,(H,24,26)/t15-/m1/s1. The second kappa shape index (κ2) is 9.06. The fourth-order valence-electron chi connectivity index (χ4n) is 3.69. The molecule has 2 aliphatic rings. The van der Waals surface area contributed by atoms with E-state index in [0.29, 0.717) is 44.6 Å². The summed E-state index contributed by atoms with van der Waals surface area (Å²) in [6.07, 6.45) is 5.59. The molecule has 2 amide bonds. The first-order valence-corrected chi connectivity index (χ1v) is 9.57. The van der Waals surface area contributed by atoms with Crippen LogP contribution >= 0.6 is 0 Å². The molecular weight excluding hydrogens is 352 g/mol. The number of hydrogen-bond donors (Lipinski definition) is 1. The Hall–Kier alpha value is -2.31. The Balaban J connectivity index is 1.44. The second-order valence-corrected chi connectivity index (χ2v) is 7.35. The highest BCUT2D eigenvalue weighted by Crippen LogP contribution is 2.23. The summed E-state index contributed by atoms with van der Waals surface area (Å²) in [4.78, 5) is 25.5. The Kier molecular flexibility index (Phi) is 6.53. The van der Waals surface area contributed by atoms with Crippen molar-refractivity contribution < 1.29 is 18.4 Å². The molecule has 0 bridgehead atoms. The number of nitrogens with one attached hydrogen (secondary N) is 1. The van der Waals surface area contributed by atoms with Gasteiger partial charge in [0.25, 0.3) is 0 Å². The number of nitrogens with zero attached hydrogens (tertiary/aromatic N) is 2. The van der Waals surface area contributed by atoms with Crippen molar-refractivity contribution >= 4 is 17.5 Å². The van der Waals surface area contributed by atoms with Gasteiger partial charge in [0, 0.05) is 31.6 Å². The van der Waals surface area contributed by atoms with Crippen LogP contribution in [0.5, 0.6) is 0 Å². The Morgan fingerprint density at radius 2 is 2.07 bits per heavy atom. The summed E-state index contributed by atoms with van der Waals surface area (Å²) in [5, 5.41) is 4.01. The molecule has 2 heterocycles. The third-order valence-corrected chi connectivity index (χ3v) is 5.30. The van der Waals surface area contributed by atoms with Gasteiger partial charge in [0.15, 0.2) is 11.6 Å². The third-order valence-electron chi connectivity index (χ3n) is 5.30. The molecule has 0 unspecified atom stereocenters. The molecule has 146 valence electrons. The highest BCUT2D eigenvalue weighted by atomic mass is 19.2. The summed E-state index contributed by atoms with van der Waals surface area (Å²) >= 11 is 0. The van der Waals surface area contributed by atoms with Crippen LogP contribution in [-0.2, 0) is 16.0 Å². The van der Waals surface area contributed by atoms with Crippen molar-refractivity contribution in [2.24, 2.45) is 11.0 Å². The van der Waals surface area contributed by atoms with Crippen molar-refractivity contribution in [1.82, 2.24) is 10.3 Å². The maximum absolute atomic E-state index is 13.3. The first-order chi connectivity index (χ1) is 13.0. The van der Waals surface area contributed by atoms with Crippen molar-refractivity contribution in [2.75, 3.05) is 13.1 Å². The number of rotatable bonds is 6. The molecule has 3 rings (SSSR count). The van der Waals surface area contributed by atoms with Crippen LogP contribution in [0.3, 0.4) is 0 Å². The van der Waals surface area contributed by atoms with Crippen LogP contribution in [0.15, 0.2) is 23.3 Å². The molecule has 7 heteroatoms. The van der Waals surface area contributed by atoms with Crippen molar-refractivity contribution in [3.63, 3.8) is 0 Å². The largest absolute Gasteiger partial charge is 0.342 e. The minimum absolute atomic E-state index is 0.0787. The van der Waals surface area contributed by atoms with Gasteiger partial charge in [-0.3, -0.25) is 9.59 Å². The first kappa shape index (κ1) is 19.5. The molecule has 0 aromatic heterocycles. The monoisotopic (exact) mass is 377 g/mol. The zero-order valence-electron chi connectivity index (χ0n) is 15.3. The van der Waals surface area contributed by atoms with E-state index in [2.05, 4.69) is 10.5 Å². The lowest BCUT2D eigenvalue weighted by Gasteiger charge is -2.33. The maximum atomic E-state index is 13.3. The zero-order chi connectivity index (χ0) is 19.2. The Bertz CT molecular complexity index is 736. The molecular formula is C20H25F2N3O2. The fraction of sp³-hybridized carbons (Fsp3) is 0.550. The summed E-state index contributed by atoms with van der Waals surface area (Å²) < 4.78 is 26.3. The molecule has 0 aliphatic carbocycles. The summed E-state index contributed by atoms with van der Waals surface area (Å²) in [7, 11) is 0. The molecule has 1 N–H and O–H groups in total. The van der Waals surface area contributed by atoms with E-state index >= 15 is 0 Å². The molecule has 0 radical (unpaired) electrons. The van der Waals surface area contributed by atoms with Gasteiger partial charge < -0.3 is 4.90 Å². The number of carbonyl (C=O) groups is 2. The van der Waals surface area contributed by atoms with Crippen molar-refractivity contribution in [1.29, 1.82) is 0 Å². The highest BCUT2D eigenvalue weighted by molar-refractivity contribution is 5.94. The average molecular weight is 377 g/mol. The minimum atomic E-state index is -0.824. The van der Waals surface area contributed by atoms with E-state index in [1.54, 1.807) is 6.07 Å². The van der Waals surface area contributed by atoms with Crippen LogP contribution < -0.4 is 5.43 Å². The van der Waals surface area contributed by atoms with Crippen LogP contribution in [0.4, 0.5) is 8.78 Å². The van der Waals surface area contributed by atoms with Crippen LogP contribution in [0, 0.1) is 17.6 Å². The quantitative estimate of drug-likeness (QED) is 0.828. The number of likely N-dealkylation sites (tertiary alicyclic amines) is 1. The SMILES string of the molecule is O=C1CCC(CCC(=O)N2CCC[C@H](CCc3ccc(F)c(F)c3)C2)=NN1. The van der Waals surface area contributed by atoms with Gasteiger partial charge in [-0.2, -0.15) is 5.10 Å². The molecule has 27 heavy (non-hydrogen) atoms. The van der Waals surface area contributed by atoms with E-state index in [1.807, 2.05) is 4.90 Å². The van der Waals surface area contributed by atoms with E-state index in [1.165, 1.54) is 6.07 Å². The Morgan fingerprint density at radius 1 is 1.22 bits per heavy atom. The van der Waals surface area contributed by atoms with Gasteiger partial charge in [-0.05, 0) is 62.1 Å². The van der Waals surface area contributed by atoms with Gasteiger partial charge in [-0.25, -0.2) is 14.2 Å². The second-order valence-electron chi connectivity index (χ2n) is 7.35. The number of carbonyl (C=O) groups excluding carboxylic acids is 2. The van der Waals surface area contributed by atoms with Gasteiger partial charge in [-0.15, -0.1) is 0 Å². The fourth-order valence-corrected chi connectivity index (χ4v) is 3.69. The number of piperidine rings is 1. The number of benzene rings is 1. The van der Waals surface area contributed by atoms with Crippen LogP contribution in [0.1, 0.15) is 50.5 Å². The molecule has 2 aliphatic heterocycles. The average Bonchev–Trinajstić information content (AvgIpc) is 2.68. The lowest BCUT2D eigenvalue weighted by Crippen LogP contribution is -2.40. The maximum Gasteiger partial charge on any atom is 0.240 e.